The number of rotatable bonds is 7. The summed E-state index contributed by atoms with van der Waals surface area (Å²) in [5, 5.41) is 4.08. The molecule has 9 nitrogen and oxygen atoms in total. The number of piperidine rings is 1. The van der Waals surface area contributed by atoms with Crippen molar-refractivity contribution in [1.82, 2.24) is 25.0 Å². The fourth-order valence-electron chi connectivity index (χ4n) is 6.84. The number of hydrogen-bond acceptors (Lipinski definition) is 4. The van der Waals surface area contributed by atoms with Gasteiger partial charge in [0.05, 0.1) is 5.92 Å². The average Bonchev–Trinajstić information content (AvgIpc) is 3.55. The number of fused-ring (bicyclic) bond motifs is 3. The third-order valence-electron chi connectivity index (χ3n) is 9.24. The highest BCUT2D eigenvalue weighted by molar-refractivity contribution is 5.90. The summed E-state index contributed by atoms with van der Waals surface area (Å²) in [4.78, 5) is 48.8. The Morgan fingerprint density at radius 1 is 1.07 bits per heavy atom. The Balaban J connectivity index is 1.38. The standard InChI is InChI=1S/C32H42N6O3/c1-21(25-20-34-27-12-8-6-10-23(25)27)28(35-31(41)37(4)18-15-33)30(40)38-16-13-32(14-17-38)19-24(29(39)36(2)3)22-9-5-7-11-26(22)32/h5-12,20-21,24,28,34H,13-19,33H2,1-4H3,(H,35,41)/t21-,24-,28?/m1/s1. The fraction of sp³-hybridized carbons (Fsp3) is 0.469. The first kappa shape index (κ1) is 28.7. The van der Waals surface area contributed by atoms with Crippen LogP contribution >= 0.6 is 0 Å². The molecule has 0 bridgehead atoms. The molecule has 0 radical (unpaired) electrons. The number of benzene rings is 2. The number of aromatic nitrogens is 1. The van der Waals surface area contributed by atoms with Crippen LogP contribution in [0.5, 0.6) is 0 Å². The summed E-state index contributed by atoms with van der Waals surface area (Å²) in [5.41, 5.74) is 9.90. The van der Waals surface area contributed by atoms with Gasteiger partial charge in [-0.3, -0.25) is 9.59 Å². The van der Waals surface area contributed by atoms with Crippen molar-refractivity contribution >= 4 is 28.7 Å². The van der Waals surface area contributed by atoms with E-state index >= 15 is 0 Å². The smallest absolute Gasteiger partial charge is 0.317 e. The maximum Gasteiger partial charge on any atom is 0.317 e. The summed E-state index contributed by atoms with van der Waals surface area (Å²) in [7, 11) is 5.31. The number of aromatic amines is 1. The number of nitrogens with zero attached hydrogens (tertiary/aromatic N) is 3. The quantitative estimate of drug-likeness (QED) is 0.412. The lowest BCUT2D eigenvalue weighted by atomic mass is 9.73. The highest BCUT2D eigenvalue weighted by Crippen LogP contribution is 2.52. The topological polar surface area (TPSA) is 115 Å². The monoisotopic (exact) mass is 558 g/mol. The Labute approximate surface area is 242 Å². The van der Waals surface area contributed by atoms with Crippen LogP contribution in [0, 0.1) is 0 Å². The number of para-hydroxylation sites is 1. The minimum absolute atomic E-state index is 0.0840. The average molecular weight is 559 g/mol. The number of amides is 4. The summed E-state index contributed by atoms with van der Waals surface area (Å²) < 4.78 is 0. The van der Waals surface area contributed by atoms with Gasteiger partial charge in [0.15, 0.2) is 0 Å². The van der Waals surface area contributed by atoms with Gasteiger partial charge in [-0.2, -0.15) is 0 Å². The molecular formula is C32H42N6O3. The zero-order valence-corrected chi connectivity index (χ0v) is 24.5. The van der Waals surface area contributed by atoms with Gasteiger partial charge >= 0.3 is 6.03 Å². The van der Waals surface area contributed by atoms with E-state index in [1.165, 1.54) is 10.5 Å². The van der Waals surface area contributed by atoms with Crippen molar-refractivity contribution in [3.05, 3.63) is 71.4 Å². The predicted octanol–water partition coefficient (Wildman–Crippen LogP) is 3.38. The molecule has 1 saturated heterocycles. The Hall–Kier alpha value is -3.85. The molecular weight excluding hydrogens is 516 g/mol. The number of likely N-dealkylation sites (tertiary alicyclic amines) is 1. The highest BCUT2D eigenvalue weighted by atomic mass is 16.2. The lowest BCUT2D eigenvalue weighted by molar-refractivity contribution is -0.136. The molecule has 3 aromatic rings. The second-order valence-electron chi connectivity index (χ2n) is 11.9. The van der Waals surface area contributed by atoms with E-state index < -0.39 is 6.04 Å². The zero-order valence-electron chi connectivity index (χ0n) is 24.5. The van der Waals surface area contributed by atoms with Gasteiger partial charge in [-0.1, -0.05) is 49.4 Å². The molecule has 218 valence electrons. The summed E-state index contributed by atoms with van der Waals surface area (Å²) in [5.74, 6) is -0.376. The van der Waals surface area contributed by atoms with Crippen LogP contribution in [-0.2, 0) is 15.0 Å². The molecule has 9 heteroatoms. The number of carbonyl (C=O) groups is 3. The Bertz CT molecular complexity index is 1420. The maximum atomic E-state index is 14.2. The van der Waals surface area contributed by atoms with E-state index in [2.05, 4.69) is 22.4 Å². The highest BCUT2D eigenvalue weighted by Gasteiger charge is 2.49. The molecule has 4 N–H and O–H groups in total. The molecule has 2 aliphatic rings. The van der Waals surface area contributed by atoms with Crippen LogP contribution in [0.4, 0.5) is 4.79 Å². The number of hydrogen-bond donors (Lipinski definition) is 3. The zero-order chi connectivity index (χ0) is 29.3. The summed E-state index contributed by atoms with van der Waals surface area (Å²) in [6.45, 7) is 3.88. The Morgan fingerprint density at radius 3 is 2.46 bits per heavy atom. The van der Waals surface area contributed by atoms with Gasteiger partial charge < -0.3 is 30.7 Å². The van der Waals surface area contributed by atoms with Crippen molar-refractivity contribution in [2.75, 3.05) is 47.3 Å². The lowest BCUT2D eigenvalue weighted by Crippen LogP contribution is -2.56. The minimum atomic E-state index is -0.741. The van der Waals surface area contributed by atoms with E-state index in [0.717, 1.165) is 41.3 Å². The molecule has 1 aliphatic heterocycles. The van der Waals surface area contributed by atoms with E-state index in [9.17, 15) is 14.4 Å². The number of H-pyrrole nitrogens is 1. The molecule has 1 aromatic heterocycles. The SMILES string of the molecule is C[C@H](c1c[nH]c2ccccc12)C(NC(=O)N(C)CCN)C(=O)N1CCC2(CC1)C[C@@H](C(=O)N(C)C)c1ccccc12. The molecule has 1 fully saturated rings. The summed E-state index contributed by atoms with van der Waals surface area (Å²) in [6, 6.07) is 15.2. The molecule has 5 rings (SSSR count). The number of likely N-dealkylation sites (N-methyl/N-ethyl adjacent to an activating group) is 2. The Morgan fingerprint density at radius 2 is 1.76 bits per heavy atom. The van der Waals surface area contributed by atoms with Crippen molar-refractivity contribution in [3.8, 4) is 0 Å². The van der Waals surface area contributed by atoms with E-state index in [1.54, 1.807) is 11.9 Å². The lowest BCUT2D eigenvalue weighted by Gasteiger charge is -2.42. The molecule has 2 aromatic carbocycles. The van der Waals surface area contributed by atoms with Gasteiger partial charge in [0.1, 0.15) is 6.04 Å². The van der Waals surface area contributed by atoms with Crippen LogP contribution in [0.1, 0.15) is 54.7 Å². The molecule has 0 saturated carbocycles. The van der Waals surface area contributed by atoms with Crippen molar-refractivity contribution in [2.45, 2.75) is 49.5 Å². The normalized spacial score (nSPS) is 19.0. The minimum Gasteiger partial charge on any atom is -0.361 e. The van der Waals surface area contributed by atoms with Gasteiger partial charge in [0, 0.05) is 75.8 Å². The van der Waals surface area contributed by atoms with Crippen LogP contribution in [-0.4, -0.2) is 90.9 Å². The van der Waals surface area contributed by atoms with E-state index in [0.29, 0.717) is 26.2 Å². The van der Waals surface area contributed by atoms with Crippen LogP contribution in [0.3, 0.4) is 0 Å². The Kier molecular flexibility index (Phi) is 8.09. The van der Waals surface area contributed by atoms with Gasteiger partial charge in [-0.15, -0.1) is 0 Å². The van der Waals surface area contributed by atoms with Crippen molar-refractivity contribution < 1.29 is 14.4 Å². The molecule has 3 atom stereocenters. The predicted molar refractivity (Wildman–Crippen MR) is 161 cm³/mol. The van der Waals surface area contributed by atoms with Crippen LogP contribution < -0.4 is 11.1 Å². The number of carbonyl (C=O) groups excluding carboxylic acids is 3. The van der Waals surface area contributed by atoms with Crippen LogP contribution in [0.2, 0.25) is 0 Å². The van der Waals surface area contributed by atoms with Crippen molar-refractivity contribution in [1.29, 1.82) is 0 Å². The van der Waals surface area contributed by atoms with Crippen molar-refractivity contribution in [2.24, 2.45) is 5.73 Å². The molecule has 2 heterocycles. The second-order valence-corrected chi connectivity index (χ2v) is 11.9. The molecule has 41 heavy (non-hydrogen) atoms. The summed E-state index contributed by atoms with van der Waals surface area (Å²) in [6.07, 6.45) is 4.26. The van der Waals surface area contributed by atoms with Crippen LogP contribution in [0.15, 0.2) is 54.7 Å². The van der Waals surface area contributed by atoms with Gasteiger partial charge in [0.25, 0.3) is 0 Å². The molecule has 1 aliphatic carbocycles. The van der Waals surface area contributed by atoms with Crippen molar-refractivity contribution in [3.63, 3.8) is 0 Å². The second kappa shape index (κ2) is 11.6. The number of urea groups is 1. The van der Waals surface area contributed by atoms with Gasteiger partial charge in [0.2, 0.25) is 11.8 Å². The molecule has 1 spiro atoms. The van der Waals surface area contributed by atoms with Crippen LogP contribution in [0.25, 0.3) is 10.9 Å². The van der Waals surface area contributed by atoms with Gasteiger partial charge in [-0.25, -0.2) is 4.79 Å². The third kappa shape index (κ3) is 5.30. The first-order chi connectivity index (χ1) is 19.7. The number of nitrogens with one attached hydrogen (secondary N) is 2. The van der Waals surface area contributed by atoms with E-state index in [1.807, 2.05) is 68.5 Å². The third-order valence-corrected chi connectivity index (χ3v) is 9.24. The number of nitrogens with two attached hydrogens (primary N) is 1. The largest absolute Gasteiger partial charge is 0.361 e. The first-order valence-corrected chi connectivity index (χ1v) is 14.5. The molecule has 4 amide bonds. The maximum absolute atomic E-state index is 14.2. The fourth-order valence-corrected chi connectivity index (χ4v) is 6.84. The first-order valence-electron chi connectivity index (χ1n) is 14.5. The van der Waals surface area contributed by atoms with E-state index in [-0.39, 0.29) is 35.1 Å². The summed E-state index contributed by atoms with van der Waals surface area (Å²) >= 11 is 0. The van der Waals surface area contributed by atoms with E-state index in [4.69, 9.17) is 5.73 Å². The molecule has 1 unspecified atom stereocenters. The van der Waals surface area contributed by atoms with Gasteiger partial charge in [-0.05, 0) is 42.0 Å².